The third kappa shape index (κ3) is 4.87. The highest BCUT2D eigenvalue weighted by Gasteiger charge is 2.42. The van der Waals surface area contributed by atoms with Gasteiger partial charge in [-0.05, 0) is 31.1 Å². The van der Waals surface area contributed by atoms with E-state index in [1.54, 1.807) is 0 Å². The van der Waals surface area contributed by atoms with E-state index in [9.17, 15) is 9.59 Å². The molecule has 1 rings (SSSR count). The number of amides is 1. The minimum absolute atomic E-state index is 0.108. The minimum Gasteiger partial charge on any atom is -0.430 e. The first-order chi connectivity index (χ1) is 9.32. The van der Waals surface area contributed by atoms with Gasteiger partial charge in [0.25, 0.3) is 6.47 Å². The van der Waals surface area contributed by atoms with Crippen molar-refractivity contribution in [2.45, 2.75) is 58.4 Å². The van der Waals surface area contributed by atoms with Gasteiger partial charge in [0.05, 0.1) is 0 Å². The van der Waals surface area contributed by atoms with E-state index < -0.39 is 6.09 Å². The lowest BCUT2D eigenvalue weighted by Crippen LogP contribution is -2.53. The minimum atomic E-state index is -0.550. The number of nitrogens with one attached hydrogen (secondary N) is 1. The molecule has 0 aromatic heterocycles. The molecule has 1 N–H and O–H groups in total. The lowest BCUT2D eigenvalue weighted by atomic mass is 9.65. The predicted octanol–water partition coefficient (Wildman–Crippen LogP) is 3.15. The number of hydrogen-bond acceptors (Lipinski definition) is 4. The van der Waals surface area contributed by atoms with Gasteiger partial charge in [-0.15, -0.1) is 0 Å². The average Bonchev–Trinajstić information content (AvgIpc) is 2.25. The fraction of sp³-hybridized carbons (Fsp3) is 0.733. The maximum Gasteiger partial charge on any atom is 0.410 e. The number of ether oxygens (including phenoxy) is 2. The highest BCUT2D eigenvalue weighted by molar-refractivity contribution is 5.68. The standard InChI is InChI=1S/C15H25NO4/c1-5-6-15(16-13(18)20-11-19-10-17)8-12(2)7-14(3,4)9-15/h10H,2,5-9,11H2,1,3-4H3,(H,16,18). The van der Waals surface area contributed by atoms with Crippen LogP contribution in [0.25, 0.3) is 0 Å². The van der Waals surface area contributed by atoms with Crippen LogP contribution in [-0.2, 0) is 14.3 Å². The van der Waals surface area contributed by atoms with Gasteiger partial charge in [0, 0.05) is 5.54 Å². The Morgan fingerprint density at radius 3 is 2.70 bits per heavy atom. The second-order valence-electron chi connectivity index (χ2n) is 6.41. The third-order valence-electron chi connectivity index (χ3n) is 3.56. The van der Waals surface area contributed by atoms with Crippen LogP contribution in [-0.4, -0.2) is 24.9 Å². The number of carbonyl (C=O) groups is 2. The van der Waals surface area contributed by atoms with Crippen molar-refractivity contribution in [2.24, 2.45) is 5.41 Å². The van der Waals surface area contributed by atoms with Crippen molar-refractivity contribution < 1.29 is 19.1 Å². The van der Waals surface area contributed by atoms with Crippen molar-refractivity contribution in [3.63, 3.8) is 0 Å². The van der Waals surface area contributed by atoms with Gasteiger partial charge in [-0.25, -0.2) is 4.79 Å². The molecule has 0 aromatic carbocycles. The molecule has 1 fully saturated rings. The van der Waals surface area contributed by atoms with Crippen molar-refractivity contribution in [1.82, 2.24) is 5.32 Å². The zero-order valence-corrected chi connectivity index (χ0v) is 12.7. The molecule has 5 heteroatoms. The first kappa shape index (κ1) is 16.5. The molecule has 0 saturated heterocycles. The van der Waals surface area contributed by atoms with Crippen LogP contribution in [0.4, 0.5) is 4.79 Å². The quantitative estimate of drug-likeness (QED) is 0.352. The van der Waals surface area contributed by atoms with E-state index in [1.807, 2.05) is 0 Å². The Kier molecular flexibility index (Phi) is 5.60. The fourth-order valence-electron chi connectivity index (χ4n) is 3.43. The highest BCUT2D eigenvalue weighted by Crippen LogP contribution is 2.45. The molecule has 1 aliphatic carbocycles. The molecule has 114 valence electrons. The van der Waals surface area contributed by atoms with Gasteiger partial charge in [-0.1, -0.05) is 39.3 Å². The maximum absolute atomic E-state index is 11.8. The summed E-state index contributed by atoms with van der Waals surface area (Å²) in [6.45, 7) is 10.5. The molecule has 20 heavy (non-hydrogen) atoms. The highest BCUT2D eigenvalue weighted by atomic mass is 16.7. The molecule has 0 heterocycles. The van der Waals surface area contributed by atoms with Crippen LogP contribution < -0.4 is 5.32 Å². The molecule has 1 aliphatic rings. The predicted molar refractivity (Wildman–Crippen MR) is 76.0 cm³/mol. The number of alkyl carbamates (subject to hydrolysis) is 1. The summed E-state index contributed by atoms with van der Waals surface area (Å²) in [6, 6.07) is 0. The molecule has 1 unspecified atom stereocenters. The summed E-state index contributed by atoms with van der Waals surface area (Å²) in [7, 11) is 0. The summed E-state index contributed by atoms with van der Waals surface area (Å²) in [4.78, 5) is 21.8. The SMILES string of the molecule is C=C1CC(C)(C)CC(CCC)(NC(=O)OCOC=O)C1. The largest absolute Gasteiger partial charge is 0.430 e. The van der Waals surface area contributed by atoms with Gasteiger partial charge >= 0.3 is 6.09 Å². The Morgan fingerprint density at radius 1 is 1.45 bits per heavy atom. The summed E-state index contributed by atoms with van der Waals surface area (Å²) in [5, 5.41) is 2.96. The fourth-order valence-corrected chi connectivity index (χ4v) is 3.43. The van der Waals surface area contributed by atoms with Crippen LogP contribution >= 0.6 is 0 Å². The molecular formula is C15H25NO4. The second kappa shape index (κ2) is 6.77. The molecule has 1 atom stereocenters. The topological polar surface area (TPSA) is 64.6 Å². The van der Waals surface area contributed by atoms with Crippen molar-refractivity contribution in [1.29, 1.82) is 0 Å². The zero-order valence-electron chi connectivity index (χ0n) is 12.7. The van der Waals surface area contributed by atoms with Gasteiger partial charge in [0.2, 0.25) is 6.79 Å². The van der Waals surface area contributed by atoms with E-state index in [0.29, 0.717) is 0 Å². The Labute approximate surface area is 120 Å². The van der Waals surface area contributed by atoms with Crippen LogP contribution in [0.2, 0.25) is 0 Å². The van der Waals surface area contributed by atoms with Crippen LogP contribution in [0.1, 0.15) is 52.9 Å². The molecule has 0 aromatic rings. The number of hydrogen-bond donors (Lipinski definition) is 1. The summed E-state index contributed by atoms with van der Waals surface area (Å²) in [5.41, 5.74) is 0.947. The zero-order chi connectivity index (χ0) is 15.2. The van der Waals surface area contributed by atoms with E-state index in [1.165, 1.54) is 0 Å². The van der Waals surface area contributed by atoms with E-state index in [4.69, 9.17) is 4.74 Å². The van der Waals surface area contributed by atoms with E-state index in [-0.39, 0.29) is 24.2 Å². The second-order valence-corrected chi connectivity index (χ2v) is 6.41. The molecule has 0 radical (unpaired) electrons. The molecule has 1 amide bonds. The van der Waals surface area contributed by atoms with Gasteiger partial charge in [0.1, 0.15) is 0 Å². The number of carbonyl (C=O) groups excluding carboxylic acids is 2. The smallest absolute Gasteiger partial charge is 0.410 e. The molecule has 1 saturated carbocycles. The molecule has 0 spiro atoms. The van der Waals surface area contributed by atoms with Crippen LogP contribution in [0.3, 0.4) is 0 Å². The molecule has 0 bridgehead atoms. The first-order valence-electron chi connectivity index (χ1n) is 6.99. The number of rotatable bonds is 6. The Hall–Kier alpha value is -1.52. The van der Waals surface area contributed by atoms with Crippen molar-refractivity contribution >= 4 is 12.6 Å². The lowest BCUT2D eigenvalue weighted by molar-refractivity contribution is -0.136. The van der Waals surface area contributed by atoms with E-state index in [2.05, 4.69) is 37.4 Å². The van der Waals surface area contributed by atoms with Crippen molar-refractivity contribution in [3.05, 3.63) is 12.2 Å². The Balaban J connectivity index is 2.73. The molecular weight excluding hydrogens is 258 g/mol. The van der Waals surface area contributed by atoms with Crippen LogP contribution in [0.15, 0.2) is 12.2 Å². The third-order valence-corrected chi connectivity index (χ3v) is 3.56. The van der Waals surface area contributed by atoms with Crippen molar-refractivity contribution in [3.8, 4) is 0 Å². The van der Waals surface area contributed by atoms with Crippen LogP contribution in [0, 0.1) is 5.41 Å². The maximum atomic E-state index is 11.8. The van der Waals surface area contributed by atoms with Crippen molar-refractivity contribution in [2.75, 3.05) is 6.79 Å². The Morgan fingerprint density at radius 2 is 2.15 bits per heavy atom. The summed E-state index contributed by atoms with van der Waals surface area (Å²) < 4.78 is 9.19. The van der Waals surface area contributed by atoms with E-state index in [0.717, 1.165) is 37.7 Å². The molecule has 0 aliphatic heterocycles. The van der Waals surface area contributed by atoms with Gasteiger partial charge in [0.15, 0.2) is 0 Å². The van der Waals surface area contributed by atoms with E-state index >= 15 is 0 Å². The normalized spacial score (nSPS) is 24.9. The summed E-state index contributed by atoms with van der Waals surface area (Å²) >= 11 is 0. The first-order valence-corrected chi connectivity index (χ1v) is 6.99. The van der Waals surface area contributed by atoms with Crippen LogP contribution in [0.5, 0.6) is 0 Å². The average molecular weight is 283 g/mol. The Bertz CT molecular complexity index is 378. The van der Waals surface area contributed by atoms with Gasteiger partial charge in [-0.2, -0.15) is 0 Å². The van der Waals surface area contributed by atoms with Gasteiger partial charge in [-0.3, -0.25) is 4.79 Å². The summed E-state index contributed by atoms with van der Waals surface area (Å²) in [5.74, 6) is 0. The van der Waals surface area contributed by atoms with Gasteiger partial charge < -0.3 is 14.8 Å². The monoisotopic (exact) mass is 283 g/mol. The summed E-state index contributed by atoms with van der Waals surface area (Å²) in [6.07, 6.45) is 3.92. The molecule has 5 nitrogen and oxygen atoms in total. The lowest BCUT2D eigenvalue weighted by Gasteiger charge is -2.46.